The number of ether oxygens (including phenoxy) is 1. The summed E-state index contributed by atoms with van der Waals surface area (Å²) in [6.07, 6.45) is 2.23. The first-order valence-electron chi connectivity index (χ1n) is 7.50. The van der Waals surface area contributed by atoms with E-state index in [0.717, 1.165) is 18.4 Å². The molecule has 1 aliphatic rings. The summed E-state index contributed by atoms with van der Waals surface area (Å²) in [4.78, 5) is 14.1. The minimum atomic E-state index is -0.0811. The molecule has 0 saturated carbocycles. The van der Waals surface area contributed by atoms with Gasteiger partial charge in [0.1, 0.15) is 6.10 Å². The molecule has 2 rings (SSSR count). The highest BCUT2D eigenvalue weighted by molar-refractivity contribution is 6.30. The fraction of sp³-hybridized carbons (Fsp3) is 0.562. The van der Waals surface area contributed by atoms with Gasteiger partial charge in [0.25, 0.3) is 0 Å². The summed E-state index contributed by atoms with van der Waals surface area (Å²) in [5.41, 5.74) is 7.01. The second-order valence-electron chi connectivity index (χ2n) is 5.50. The minimum absolute atomic E-state index is 0.0423. The quantitative estimate of drug-likeness (QED) is 0.910. The lowest BCUT2D eigenvalue weighted by atomic mass is 10.1. The molecule has 1 heterocycles. The van der Waals surface area contributed by atoms with Crippen molar-refractivity contribution in [2.45, 2.75) is 38.3 Å². The molecule has 116 valence electrons. The summed E-state index contributed by atoms with van der Waals surface area (Å²) in [7, 11) is 0. The molecule has 21 heavy (non-hydrogen) atoms. The summed E-state index contributed by atoms with van der Waals surface area (Å²) >= 11 is 5.90. The Morgan fingerprint density at radius 2 is 2.19 bits per heavy atom. The Balaban J connectivity index is 1.94. The van der Waals surface area contributed by atoms with Crippen LogP contribution in [0.25, 0.3) is 0 Å². The predicted molar refractivity (Wildman–Crippen MR) is 84.2 cm³/mol. The van der Waals surface area contributed by atoms with Gasteiger partial charge in [-0.25, -0.2) is 0 Å². The van der Waals surface area contributed by atoms with Crippen molar-refractivity contribution in [2.75, 3.05) is 19.7 Å². The van der Waals surface area contributed by atoms with Crippen LogP contribution in [0.1, 0.15) is 37.9 Å². The molecule has 0 aromatic heterocycles. The van der Waals surface area contributed by atoms with Crippen molar-refractivity contribution in [3.63, 3.8) is 0 Å². The smallest absolute Gasteiger partial charge is 0.224 e. The van der Waals surface area contributed by atoms with Gasteiger partial charge in [0.05, 0.1) is 13.2 Å². The van der Waals surface area contributed by atoms with Gasteiger partial charge in [-0.2, -0.15) is 0 Å². The third-order valence-corrected chi connectivity index (χ3v) is 4.01. The maximum atomic E-state index is 12.3. The van der Waals surface area contributed by atoms with Crippen LogP contribution in [0.3, 0.4) is 0 Å². The number of amides is 1. The number of halogens is 1. The summed E-state index contributed by atoms with van der Waals surface area (Å²) in [5, 5.41) is 0.702. The average Bonchev–Trinajstić information content (AvgIpc) is 2.48. The van der Waals surface area contributed by atoms with E-state index in [-0.39, 0.29) is 18.1 Å². The molecule has 5 heteroatoms. The Labute approximate surface area is 131 Å². The second-order valence-corrected chi connectivity index (χ2v) is 5.94. The second kappa shape index (κ2) is 7.78. The fourth-order valence-corrected chi connectivity index (χ4v) is 2.71. The molecule has 2 unspecified atom stereocenters. The lowest BCUT2D eigenvalue weighted by Crippen LogP contribution is -2.44. The maximum absolute atomic E-state index is 12.3. The summed E-state index contributed by atoms with van der Waals surface area (Å²) in [5.74, 6) is 0.123. The van der Waals surface area contributed by atoms with E-state index in [0.29, 0.717) is 31.1 Å². The van der Waals surface area contributed by atoms with Crippen molar-refractivity contribution in [1.82, 2.24) is 4.90 Å². The Bertz CT molecular complexity index is 464. The van der Waals surface area contributed by atoms with Crippen molar-refractivity contribution >= 4 is 17.5 Å². The lowest BCUT2D eigenvalue weighted by Gasteiger charge is -2.33. The largest absolute Gasteiger partial charge is 0.370 e. The molecule has 2 N–H and O–H groups in total. The molecule has 4 nitrogen and oxygen atoms in total. The van der Waals surface area contributed by atoms with Crippen LogP contribution in [-0.2, 0) is 9.53 Å². The van der Waals surface area contributed by atoms with Crippen LogP contribution in [0, 0.1) is 0 Å². The molecule has 1 aromatic carbocycles. The Morgan fingerprint density at radius 1 is 1.48 bits per heavy atom. The molecular formula is C16H23ClN2O2. The molecule has 1 aliphatic heterocycles. The highest BCUT2D eigenvalue weighted by atomic mass is 35.5. The van der Waals surface area contributed by atoms with Crippen molar-refractivity contribution in [3.8, 4) is 0 Å². The summed E-state index contributed by atoms with van der Waals surface area (Å²) < 4.78 is 5.77. The van der Waals surface area contributed by atoms with Gasteiger partial charge in [-0.05, 0) is 24.1 Å². The van der Waals surface area contributed by atoms with Crippen molar-refractivity contribution < 1.29 is 9.53 Å². The fourth-order valence-electron chi connectivity index (χ4n) is 2.58. The molecule has 1 saturated heterocycles. The molecule has 1 aromatic rings. The van der Waals surface area contributed by atoms with Crippen LogP contribution in [0.15, 0.2) is 24.3 Å². The molecule has 0 bridgehead atoms. The van der Waals surface area contributed by atoms with E-state index in [1.54, 1.807) is 0 Å². The average molecular weight is 311 g/mol. The lowest BCUT2D eigenvalue weighted by molar-refractivity contribution is -0.139. The highest BCUT2D eigenvalue weighted by Gasteiger charge is 2.26. The number of carbonyl (C=O) groups excluding carboxylic acids is 1. The van der Waals surface area contributed by atoms with Crippen molar-refractivity contribution in [1.29, 1.82) is 0 Å². The Kier molecular flexibility index (Phi) is 6.03. The van der Waals surface area contributed by atoms with Gasteiger partial charge < -0.3 is 15.4 Å². The third-order valence-electron chi connectivity index (χ3n) is 3.76. The van der Waals surface area contributed by atoms with Gasteiger partial charge >= 0.3 is 0 Å². The van der Waals surface area contributed by atoms with Gasteiger partial charge in [0.15, 0.2) is 0 Å². The van der Waals surface area contributed by atoms with E-state index in [2.05, 4.69) is 6.92 Å². The highest BCUT2D eigenvalue weighted by Crippen LogP contribution is 2.24. The molecule has 1 fully saturated rings. The van der Waals surface area contributed by atoms with Gasteiger partial charge in [-0.15, -0.1) is 0 Å². The number of morpholine rings is 1. The van der Waals surface area contributed by atoms with E-state index < -0.39 is 0 Å². The molecule has 0 aliphatic carbocycles. The van der Waals surface area contributed by atoms with E-state index in [1.807, 2.05) is 29.2 Å². The standard InChI is InChI=1S/C16H23ClN2O2/c1-2-3-14(18)10-16(20)19-8-9-21-15(11-19)12-4-6-13(17)7-5-12/h4-7,14-15H,2-3,8-11,18H2,1H3. The summed E-state index contributed by atoms with van der Waals surface area (Å²) in [6, 6.07) is 7.54. The zero-order valence-electron chi connectivity index (χ0n) is 12.4. The minimum Gasteiger partial charge on any atom is -0.370 e. The number of hydrogen-bond acceptors (Lipinski definition) is 3. The topological polar surface area (TPSA) is 55.6 Å². The maximum Gasteiger partial charge on any atom is 0.224 e. The van der Waals surface area contributed by atoms with Crippen molar-refractivity contribution in [2.24, 2.45) is 5.73 Å². The van der Waals surface area contributed by atoms with Crippen molar-refractivity contribution in [3.05, 3.63) is 34.9 Å². The van der Waals surface area contributed by atoms with Crippen LogP contribution in [0.2, 0.25) is 5.02 Å². The number of nitrogens with two attached hydrogens (primary N) is 1. The number of hydrogen-bond donors (Lipinski definition) is 1. The van der Waals surface area contributed by atoms with Crippen LogP contribution in [0.4, 0.5) is 0 Å². The van der Waals surface area contributed by atoms with Crippen LogP contribution in [0.5, 0.6) is 0 Å². The molecular weight excluding hydrogens is 288 g/mol. The zero-order valence-corrected chi connectivity index (χ0v) is 13.2. The summed E-state index contributed by atoms with van der Waals surface area (Å²) in [6.45, 7) is 3.86. The molecule has 2 atom stereocenters. The van der Waals surface area contributed by atoms with E-state index in [1.165, 1.54) is 0 Å². The zero-order chi connectivity index (χ0) is 15.2. The van der Waals surface area contributed by atoms with Gasteiger partial charge in [0, 0.05) is 24.0 Å². The van der Waals surface area contributed by atoms with Gasteiger partial charge in [-0.1, -0.05) is 37.1 Å². The predicted octanol–water partition coefficient (Wildman–Crippen LogP) is 2.76. The SMILES string of the molecule is CCCC(N)CC(=O)N1CCOC(c2ccc(Cl)cc2)C1. The van der Waals surface area contributed by atoms with Crippen LogP contribution < -0.4 is 5.73 Å². The normalized spacial score (nSPS) is 20.3. The van der Waals surface area contributed by atoms with Gasteiger partial charge in [0.2, 0.25) is 5.91 Å². The van der Waals surface area contributed by atoms with E-state index in [4.69, 9.17) is 22.1 Å². The van der Waals surface area contributed by atoms with Gasteiger partial charge in [-0.3, -0.25) is 4.79 Å². The number of benzene rings is 1. The monoisotopic (exact) mass is 310 g/mol. The first-order chi connectivity index (χ1) is 10.1. The Morgan fingerprint density at radius 3 is 2.86 bits per heavy atom. The number of carbonyl (C=O) groups is 1. The third kappa shape index (κ3) is 4.70. The molecule has 0 radical (unpaired) electrons. The van der Waals surface area contributed by atoms with E-state index in [9.17, 15) is 4.79 Å². The number of rotatable bonds is 5. The Hall–Kier alpha value is -1.10. The first kappa shape index (κ1) is 16.3. The van der Waals surface area contributed by atoms with Crippen LogP contribution in [-0.4, -0.2) is 36.5 Å². The first-order valence-corrected chi connectivity index (χ1v) is 7.88. The number of nitrogens with zero attached hydrogens (tertiary/aromatic N) is 1. The van der Waals surface area contributed by atoms with Crippen LogP contribution >= 0.6 is 11.6 Å². The molecule has 0 spiro atoms. The molecule has 1 amide bonds. The van der Waals surface area contributed by atoms with E-state index >= 15 is 0 Å².